The van der Waals surface area contributed by atoms with Crippen LogP contribution in [0.2, 0.25) is 0 Å². The zero-order chi connectivity index (χ0) is 13.8. The van der Waals surface area contributed by atoms with Crippen LogP contribution in [-0.4, -0.2) is 29.8 Å². The molecule has 2 aromatic rings. The molecule has 1 aromatic heterocycles. The Morgan fingerprint density at radius 1 is 1.25 bits per heavy atom. The molecule has 0 fully saturated rings. The van der Waals surface area contributed by atoms with E-state index < -0.39 is 0 Å². The largest absolute Gasteiger partial charge is 0.493 e. The van der Waals surface area contributed by atoms with Gasteiger partial charge in [0.05, 0.1) is 6.61 Å². The van der Waals surface area contributed by atoms with Gasteiger partial charge in [-0.1, -0.05) is 17.3 Å². The number of ether oxygens (including phenoxy) is 1. The van der Waals surface area contributed by atoms with Gasteiger partial charge in [-0.2, -0.15) is 4.98 Å². The maximum absolute atomic E-state index is 5.51. The molecule has 0 bridgehead atoms. The Bertz CT molecular complexity index is 580. The van der Waals surface area contributed by atoms with E-state index >= 15 is 0 Å². The summed E-state index contributed by atoms with van der Waals surface area (Å²) in [6.07, 6.45) is 2.84. The van der Waals surface area contributed by atoms with Crippen LogP contribution in [0.15, 0.2) is 22.7 Å². The van der Waals surface area contributed by atoms with Crippen LogP contribution in [-0.2, 0) is 19.3 Å². The molecule has 3 rings (SSSR count). The summed E-state index contributed by atoms with van der Waals surface area (Å²) >= 11 is 0. The zero-order valence-corrected chi connectivity index (χ0v) is 11.7. The lowest BCUT2D eigenvalue weighted by molar-refractivity contribution is 0.357. The summed E-state index contributed by atoms with van der Waals surface area (Å²) in [7, 11) is 0. The molecule has 0 saturated carbocycles. The predicted octanol–water partition coefficient (Wildman–Crippen LogP) is 1.69. The average Bonchev–Trinajstić information content (AvgIpc) is 3.06. The van der Waals surface area contributed by atoms with Gasteiger partial charge in [0.2, 0.25) is 5.89 Å². The number of nitrogens with one attached hydrogen (secondary N) is 1. The van der Waals surface area contributed by atoms with Gasteiger partial charge in [0, 0.05) is 19.4 Å². The third kappa shape index (κ3) is 3.17. The molecule has 1 aromatic carbocycles. The molecule has 0 aliphatic carbocycles. The smallest absolute Gasteiger partial charge is 0.227 e. The Labute approximate surface area is 118 Å². The number of rotatable bonds is 6. The molecule has 5 heteroatoms. The van der Waals surface area contributed by atoms with E-state index in [1.54, 1.807) is 0 Å². The van der Waals surface area contributed by atoms with Gasteiger partial charge in [-0.3, -0.25) is 0 Å². The molecule has 20 heavy (non-hydrogen) atoms. The Hall–Kier alpha value is -1.88. The quantitative estimate of drug-likeness (QED) is 0.812. The molecular weight excluding hydrogens is 254 g/mol. The zero-order valence-electron chi connectivity index (χ0n) is 11.7. The van der Waals surface area contributed by atoms with Crippen LogP contribution in [0.3, 0.4) is 0 Å². The Balaban J connectivity index is 1.39. The Morgan fingerprint density at radius 3 is 3.00 bits per heavy atom. The first-order valence-corrected chi connectivity index (χ1v) is 7.06. The minimum atomic E-state index is 0.695. The first-order chi connectivity index (χ1) is 9.81. The van der Waals surface area contributed by atoms with Gasteiger partial charge >= 0.3 is 0 Å². The van der Waals surface area contributed by atoms with Crippen molar-refractivity contribution in [3.8, 4) is 5.75 Å². The summed E-state index contributed by atoms with van der Waals surface area (Å²) in [5, 5.41) is 7.17. The normalized spacial score (nSPS) is 13.2. The highest BCUT2D eigenvalue weighted by atomic mass is 16.5. The first-order valence-electron chi connectivity index (χ1n) is 7.06. The highest BCUT2D eigenvalue weighted by molar-refractivity contribution is 5.39. The van der Waals surface area contributed by atoms with Gasteiger partial charge in [0.1, 0.15) is 5.75 Å². The number of hydrogen-bond acceptors (Lipinski definition) is 5. The maximum atomic E-state index is 5.51. The van der Waals surface area contributed by atoms with Crippen LogP contribution in [0.4, 0.5) is 0 Å². The van der Waals surface area contributed by atoms with E-state index in [-0.39, 0.29) is 0 Å². The van der Waals surface area contributed by atoms with E-state index in [1.807, 2.05) is 6.92 Å². The fourth-order valence-electron chi connectivity index (χ4n) is 2.39. The second kappa shape index (κ2) is 6.05. The van der Waals surface area contributed by atoms with Crippen molar-refractivity contribution in [2.45, 2.75) is 26.2 Å². The summed E-state index contributed by atoms with van der Waals surface area (Å²) in [5.41, 5.74) is 2.69. The van der Waals surface area contributed by atoms with E-state index in [1.165, 1.54) is 11.1 Å². The van der Waals surface area contributed by atoms with Crippen molar-refractivity contribution >= 4 is 0 Å². The fourth-order valence-corrected chi connectivity index (χ4v) is 2.39. The lowest BCUT2D eigenvalue weighted by Crippen LogP contribution is -2.20. The minimum absolute atomic E-state index is 0.695. The van der Waals surface area contributed by atoms with Crippen LogP contribution in [0.5, 0.6) is 5.75 Å². The van der Waals surface area contributed by atoms with Gasteiger partial charge in [0.15, 0.2) is 5.82 Å². The molecule has 0 spiro atoms. The van der Waals surface area contributed by atoms with Crippen molar-refractivity contribution in [2.24, 2.45) is 0 Å². The van der Waals surface area contributed by atoms with E-state index in [9.17, 15) is 0 Å². The second-order valence-electron chi connectivity index (χ2n) is 5.03. The summed E-state index contributed by atoms with van der Waals surface area (Å²) in [5.74, 6) is 2.44. The van der Waals surface area contributed by atoms with E-state index in [0.29, 0.717) is 11.7 Å². The average molecular weight is 273 g/mol. The molecule has 1 aliphatic rings. The van der Waals surface area contributed by atoms with E-state index in [2.05, 4.69) is 33.7 Å². The number of fused-ring (bicyclic) bond motifs is 1. The van der Waals surface area contributed by atoms with Crippen LogP contribution >= 0.6 is 0 Å². The SMILES string of the molecule is Cc1noc(CCNCCc2ccc3c(c2)CCO3)n1. The van der Waals surface area contributed by atoms with Crippen molar-refractivity contribution in [1.82, 2.24) is 15.5 Å². The second-order valence-corrected chi connectivity index (χ2v) is 5.03. The van der Waals surface area contributed by atoms with Gasteiger partial charge in [-0.25, -0.2) is 0 Å². The molecule has 1 aliphatic heterocycles. The van der Waals surface area contributed by atoms with Crippen LogP contribution < -0.4 is 10.1 Å². The van der Waals surface area contributed by atoms with Crippen molar-refractivity contribution < 1.29 is 9.26 Å². The third-order valence-corrected chi connectivity index (χ3v) is 3.43. The van der Waals surface area contributed by atoms with E-state index in [0.717, 1.165) is 44.7 Å². The minimum Gasteiger partial charge on any atom is -0.493 e. The topological polar surface area (TPSA) is 60.2 Å². The number of benzene rings is 1. The van der Waals surface area contributed by atoms with Crippen molar-refractivity contribution in [1.29, 1.82) is 0 Å². The number of hydrogen-bond donors (Lipinski definition) is 1. The molecule has 0 saturated heterocycles. The highest BCUT2D eigenvalue weighted by Crippen LogP contribution is 2.25. The van der Waals surface area contributed by atoms with E-state index in [4.69, 9.17) is 9.26 Å². The molecule has 0 radical (unpaired) electrons. The van der Waals surface area contributed by atoms with Crippen LogP contribution in [0.1, 0.15) is 22.8 Å². The van der Waals surface area contributed by atoms with Gasteiger partial charge in [-0.15, -0.1) is 0 Å². The summed E-state index contributed by atoms with van der Waals surface area (Å²) in [6.45, 7) is 4.46. The highest BCUT2D eigenvalue weighted by Gasteiger charge is 2.11. The first kappa shape index (κ1) is 13.1. The molecule has 2 heterocycles. The van der Waals surface area contributed by atoms with Crippen molar-refractivity contribution in [3.63, 3.8) is 0 Å². The number of nitrogens with zero attached hydrogens (tertiary/aromatic N) is 2. The number of aryl methyl sites for hydroxylation is 1. The van der Waals surface area contributed by atoms with Crippen LogP contribution in [0.25, 0.3) is 0 Å². The molecule has 0 unspecified atom stereocenters. The summed E-state index contributed by atoms with van der Waals surface area (Å²) in [6, 6.07) is 6.48. The number of aromatic nitrogens is 2. The van der Waals surface area contributed by atoms with Gasteiger partial charge in [-0.05, 0) is 37.1 Å². The fraction of sp³-hybridized carbons (Fsp3) is 0.467. The third-order valence-electron chi connectivity index (χ3n) is 3.43. The van der Waals surface area contributed by atoms with Gasteiger partial charge < -0.3 is 14.6 Å². The van der Waals surface area contributed by atoms with Gasteiger partial charge in [0.25, 0.3) is 0 Å². The monoisotopic (exact) mass is 273 g/mol. The molecule has 106 valence electrons. The summed E-state index contributed by atoms with van der Waals surface area (Å²) in [4.78, 5) is 4.17. The molecule has 5 nitrogen and oxygen atoms in total. The van der Waals surface area contributed by atoms with Crippen molar-refractivity contribution in [3.05, 3.63) is 41.0 Å². The standard InChI is InChI=1S/C15H19N3O2/c1-11-17-15(20-18-11)5-8-16-7-4-12-2-3-14-13(10-12)6-9-19-14/h2-3,10,16H,4-9H2,1H3. The lowest BCUT2D eigenvalue weighted by atomic mass is 10.1. The molecular formula is C15H19N3O2. The van der Waals surface area contributed by atoms with Crippen LogP contribution in [0, 0.1) is 6.92 Å². The lowest BCUT2D eigenvalue weighted by Gasteiger charge is -2.05. The Morgan fingerprint density at radius 2 is 2.15 bits per heavy atom. The maximum Gasteiger partial charge on any atom is 0.227 e. The summed E-state index contributed by atoms with van der Waals surface area (Å²) < 4.78 is 10.6. The Kier molecular flexibility index (Phi) is 3.97. The van der Waals surface area contributed by atoms with Crippen molar-refractivity contribution in [2.75, 3.05) is 19.7 Å². The molecule has 0 atom stereocenters. The predicted molar refractivity (Wildman–Crippen MR) is 75.0 cm³/mol. The molecule has 0 amide bonds. The molecule has 1 N–H and O–H groups in total.